The van der Waals surface area contributed by atoms with E-state index in [1.165, 1.54) is 6.92 Å². The maximum Gasteiger partial charge on any atom is 0.322 e. The van der Waals surface area contributed by atoms with Gasteiger partial charge in [-0.05, 0) is 63.5 Å². The first kappa shape index (κ1) is 31.9. The maximum absolute atomic E-state index is 14.4. The van der Waals surface area contributed by atoms with Crippen LogP contribution in [0.25, 0.3) is 0 Å². The van der Waals surface area contributed by atoms with Gasteiger partial charge < -0.3 is 14.8 Å². The highest BCUT2D eigenvalue weighted by Gasteiger charge is 2.55. The fourth-order valence-electron chi connectivity index (χ4n) is 5.51. The predicted octanol–water partition coefficient (Wildman–Crippen LogP) is 7.14. The number of unbranched alkanes of at least 4 members (excludes halogenated alkanes) is 1. The first-order chi connectivity index (χ1) is 16.7. The van der Waals surface area contributed by atoms with Crippen LogP contribution in [0, 0.1) is 0 Å². The van der Waals surface area contributed by atoms with E-state index in [9.17, 15) is 14.7 Å². The fraction of sp³-hybridized carbons (Fsp3) is 0.733. The summed E-state index contributed by atoms with van der Waals surface area (Å²) >= 11 is 2.44. The lowest BCUT2D eigenvalue weighted by Gasteiger charge is -2.57. The van der Waals surface area contributed by atoms with Crippen molar-refractivity contribution in [3.05, 3.63) is 28.8 Å². The number of benzene rings is 1. The lowest BCUT2D eigenvalue weighted by molar-refractivity contribution is -0.266. The van der Waals surface area contributed by atoms with E-state index in [2.05, 4.69) is 98.8 Å². The number of nitrogens with zero attached hydrogens (tertiary/aromatic N) is 2. The van der Waals surface area contributed by atoms with E-state index >= 15 is 0 Å². The molecule has 0 radical (unpaired) electrons. The first-order valence-electron chi connectivity index (χ1n) is 13.5. The highest BCUT2D eigenvalue weighted by Crippen LogP contribution is 2.45. The SMILES string of the molecule is CCCCN(C(=O)c1cc(C(C)(C)C)c(O)c(C(C)(C)C)c1)C1CC(C)(C)N(OC(C)=O)C(C)(C)C1I. The van der Waals surface area contributed by atoms with Crippen LogP contribution in [0.4, 0.5) is 0 Å². The number of carbonyl (C=O) groups excluding carboxylic acids is 2. The van der Waals surface area contributed by atoms with E-state index in [0.29, 0.717) is 18.5 Å². The number of rotatable bonds is 6. The number of hydroxylamine groups is 2. The van der Waals surface area contributed by atoms with Gasteiger partial charge in [0.25, 0.3) is 5.91 Å². The Kier molecular flexibility index (Phi) is 9.50. The molecule has 0 aliphatic carbocycles. The molecule has 7 heteroatoms. The van der Waals surface area contributed by atoms with Crippen molar-refractivity contribution < 1.29 is 19.5 Å². The normalized spacial score (nSPS) is 22.0. The van der Waals surface area contributed by atoms with Gasteiger partial charge >= 0.3 is 5.97 Å². The number of alkyl halides is 1. The van der Waals surface area contributed by atoms with Gasteiger partial charge in [0.15, 0.2) is 0 Å². The zero-order valence-electron chi connectivity index (χ0n) is 25.1. The van der Waals surface area contributed by atoms with Gasteiger partial charge in [-0.1, -0.05) is 77.5 Å². The Morgan fingerprint density at radius 2 is 1.57 bits per heavy atom. The lowest BCUT2D eigenvalue weighted by atomic mass is 9.77. The summed E-state index contributed by atoms with van der Waals surface area (Å²) in [4.78, 5) is 34.1. The van der Waals surface area contributed by atoms with Gasteiger partial charge in [-0.3, -0.25) is 9.59 Å². The van der Waals surface area contributed by atoms with Crippen LogP contribution in [0.2, 0.25) is 0 Å². The molecule has 6 nitrogen and oxygen atoms in total. The summed E-state index contributed by atoms with van der Waals surface area (Å²) in [7, 11) is 0. The number of phenolic OH excluding ortho intramolecular Hbond substituents is 1. The number of carbonyl (C=O) groups is 2. The molecule has 2 rings (SSSR count). The summed E-state index contributed by atoms with van der Waals surface area (Å²) < 4.78 is 0.0135. The number of hydrogen-bond acceptors (Lipinski definition) is 5. The molecule has 0 spiro atoms. The molecule has 2 unspecified atom stereocenters. The Morgan fingerprint density at radius 3 is 1.97 bits per heavy atom. The third-order valence-electron chi connectivity index (χ3n) is 7.40. The zero-order chi connectivity index (χ0) is 28.7. The van der Waals surface area contributed by atoms with Crippen molar-refractivity contribution >= 4 is 34.5 Å². The maximum atomic E-state index is 14.4. The quantitative estimate of drug-likeness (QED) is 0.268. The molecule has 1 aromatic rings. The van der Waals surface area contributed by atoms with Crippen LogP contribution in [0.1, 0.15) is 124 Å². The number of piperidine rings is 1. The van der Waals surface area contributed by atoms with Crippen LogP contribution in [-0.4, -0.2) is 54.5 Å². The van der Waals surface area contributed by atoms with Gasteiger partial charge in [0, 0.05) is 36.2 Å². The number of amides is 1. The van der Waals surface area contributed by atoms with Crippen LogP contribution in [0.3, 0.4) is 0 Å². The minimum Gasteiger partial charge on any atom is -0.507 e. The Balaban J connectivity index is 2.66. The molecule has 1 amide bonds. The second-order valence-electron chi connectivity index (χ2n) is 13.8. The Morgan fingerprint density at radius 1 is 1.08 bits per heavy atom. The van der Waals surface area contributed by atoms with Gasteiger partial charge in [-0.25, -0.2) is 0 Å². The van der Waals surface area contributed by atoms with Crippen molar-refractivity contribution in [3.63, 3.8) is 0 Å². The standard InChI is InChI=1S/C30H49IN2O4/c1-13-14-15-32(23-18-29(9,10)33(37-19(2)34)30(11,12)25(23)31)26(36)20-16-21(27(3,4)5)24(35)22(17-20)28(6,7)8/h16-17,23,25,35H,13-15,18H2,1-12H3. The van der Waals surface area contributed by atoms with E-state index < -0.39 is 11.1 Å². The molecule has 1 aliphatic heterocycles. The first-order valence-corrected chi connectivity index (χ1v) is 14.7. The largest absolute Gasteiger partial charge is 0.507 e. The molecule has 210 valence electrons. The molecule has 1 N–H and O–H groups in total. The average Bonchev–Trinajstić information content (AvgIpc) is 2.73. The van der Waals surface area contributed by atoms with Gasteiger partial charge in [-0.15, -0.1) is 5.06 Å². The van der Waals surface area contributed by atoms with Crippen LogP contribution in [-0.2, 0) is 20.5 Å². The number of halogens is 1. The highest BCUT2D eigenvalue weighted by molar-refractivity contribution is 14.1. The van der Waals surface area contributed by atoms with Gasteiger partial charge in [-0.2, -0.15) is 0 Å². The molecule has 2 atom stereocenters. The molecule has 1 fully saturated rings. The molecule has 1 aromatic carbocycles. The zero-order valence-corrected chi connectivity index (χ0v) is 27.2. The molecule has 1 aliphatic rings. The average molecular weight is 629 g/mol. The predicted molar refractivity (Wildman–Crippen MR) is 159 cm³/mol. The highest BCUT2D eigenvalue weighted by atomic mass is 127. The van der Waals surface area contributed by atoms with E-state index in [-0.39, 0.29) is 38.4 Å². The molecule has 0 aromatic heterocycles. The Labute approximate surface area is 238 Å². The van der Waals surface area contributed by atoms with E-state index in [1.54, 1.807) is 0 Å². The van der Waals surface area contributed by atoms with Gasteiger partial charge in [0.05, 0.1) is 15.0 Å². The monoisotopic (exact) mass is 628 g/mol. The summed E-state index contributed by atoms with van der Waals surface area (Å²) in [5.41, 5.74) is 0.592. The Bertz CT molecular complexity index is 969. The molecule has 1 saturated heterocycles. The summed E-state index contributed by atoms with van der Waals surface area (Å²) in [5.74, 6) is -0.0698. The van der Waals surface area contributed by atoms with Gasteiger partial charge in [0.1, 0.15) is 5.75 Å². The fourth-order valence-corrected chi connectivity index (χ4v) is 6.41. The van der Waals surface area contributed by atoms with Crippen LogP contribution in [0.5, 0.6) is 5.75 Å². The molecule has 0 bridgehead atoms. The molecule has 0 saturated carbocycles. The van der Waals surface area contributed by atoms with Crippen LogP contribution in [0.15, 0.2) is 12.1 Å². The van der Waals surface area contributed by atoms with Crippen LogP contribution >= 0.6 is 22.6 Å². The second kappa shape index (κ2) is 11.0. The Hall–Kier alpha value is -1.35. The molecule has 37 heavy (non-hydrogen) atoms. The van der Waals surface area contributed by atoms with Crippen molar-refractivity contribution in [1.82, 2.24) is 9.96 Å². The number of aromatic hydroxyl groups is 1. The van der Waals surface area contributed by atoms with Crippen molar-refractivity contribution in [3.8, 4) is 5.75 Å². The topological polar surface area (TPSA) is 70.1 Å². The minimum atomic E-state index is -0.495. The summed E-state index contributed by atoms with van der Waals surface area (Å²) in [6.07, 6.45) is 2.55. The van der Waals surface area contributed by atoms with Crippen LogP contribution < -0.4 is 0 Å². The third-order valence-corrected chi connectivity index (χ3v) is 9.76. The van der Waals surface area contributed by atoms with Crippen molar-refractivity contribution in [2.75, 3.05) is 6.54 Å². The molecular formula is C30H49IN2O4. The van der Waals surface area contributed by atoms with E-state index in [0.717, 1.165) is 24.0 Å². The molecule has 1 heterocycles. The number of phenols is 1. The third kappa shape index (κ3) is 6.81. The number of hydrogen-bond donors (Lipinski definition) is 1. The summed E-state index contributed by atoms with van der Waals surface area (Å²) in [6, 6.07) is 3.72. The van der Waals surface area contributed by atoms with E-state index in [1.807, 2.05) is 22.1 Å². The summed E-state index contributed by atoms with van der Waals surface area (Å²) in [5, 5.41) is 13.0. The van der Waals surface area contributed by atoms with Crippen molar-refractivity contribution in [2.24, 2.45) is 0 Å². The van der Waals surface area contributed by atoms with Crippen molar-refractivity contribution in [2.45, 2.75) is 134 Å². The summed E-state index contributed by atoms with van der Waals surface area (Å²) in [6.45, 7) is 24.9. The van der Waals surface area contributed by atoms with E-state index in [4.69, 9.17) is 4.84 Å². The van der Waals surface area contributed by atoms with Gasteiger partial charge in [0.2, 0.25) is 0 Å². The van der Waals surface area contributed by atoms with Crippen molar-refractivity contribution in [1.29, 1.82) is 0 Å². The lowest BCUT2D eigenvalue weighted by Crippen LogP contribution is -2.70. The second-order valence-corrected chi connectivity index (χ2v) is 15.1. The minimum absolute atomic E-state index is 0.0105. The smallest absolute Gasteiger partial charge is 0.322 e. The molecular weight excluding hydrogens is 579 g/mol.